The van der Waals surface area contributed by atoms with Crippen molar-refractivity contribution in [2.75, 3.05) is 10.6 Å². The molecule has 42 heavy (non-hydrogen) atoms. The molecule has 220 valence electrons. The van der Waals surface area contributed by atoms with Crippen molar-refractivity contribution in [3.8, 4) is 0 Å². The highest BCUT2D eigenvalue weighted by Gasteiger charge is 2.30. The lowest BCUT2D eigenvalue weighted by molar-refractivity contribution is -0.138. The van der Waals surface area contributed by atoms with Crippen LogP contribution in [0.1, 0.15) is 59.1 Å². The molecule has 0 saturated carbocycles. The van der Waals surface area contributed by atoms with Gasteiger partial charge in [0.2, 0.25) is 0 Å². The summed E-state index contributed by atoms with van der Waals surface area (Å²) < 4.78 is 76.4. The van der Waals surface area contributed by atoms with Gasteiger partial charge < -0.3 is 10.6 Å². The molecule has 2 aromatic heterocycles. The van der Waals surface area contributed by atoms with E-state index in [1.54, 1.807) is 50.5 Å². The number of carbonyl (C=O) groups excluding carboxylic acids is 1. The second kappa shape index (κ2) is 12.6. The number of alkyl halides is 6. The molecule has 4 aromatic rings. The molecular weight excluding hydrogens is 558 g/mol. The SMILES string of the molecule is CC(C(=O)C(C)c1ccc(NCc2ccc(C(F)(F)F)cc2)nc1)c1ccc(NCc2ccc(C(F)(F)F)cc2)nc1. The van der Waals surface area contributed by atoms with E-state index in [0.29, 0.717) is 22.8 Å². The number of nitrogens with zero attached hydrogens (tertiary/aromatic N) is 2. The number of carbonyl (C=O) groups is 1. The first-order valence-corrected chi connectivity index (χ1v) is 13.1. The number of anilines is 2. The fourth-order valence-electron chi connectivity index (χ4n) is 4.24. The molecule has 0 aliphatic rings. The van der Waals surface area contributed by atoms with Crippen LogP contribution in [0, 0.1) is 0 Å². The molecule has 4 rings (SSSR count). The molecule has 2 N–H and O–H groups in total. The molecule has 0 amide bonds. The Morgan fingerprint density at radius 1 is 0.619 bits per heavy atom. The Morgan fingerprint density at radius 2 is 0.976 bits per heavy atom. The van der Waals surface area contributed by atoms with Gasteiger partial charge in [0.1, 0.15) is 17.4 Å². The van der Waals surface area contributed by atoms with E-state index >= 15 is 0 Å². The number of halogens is 6. The fraction of sp³-hybridized carbons (Fsp3) is 0.258. The van der Waals surface area contributed by atoms with Crippen molar-refractivity contribution < 1.29 is 31.1 Å². The molecule has 0 saturated heterocycles. The van der Waals surface area contributed by atoms with Gasteiger partial charge in [-0.3, -0.25) is 4.79 Å². The molecule has 0 aliphatic carbocycles. The monoisotopic (exact) mass is 586 g/mol. The van der Waals surface area contributed by atoms with Gasteiger partial charge in [-0.15, -0.1) is 0 Å². The van der Waals surface area contributed by atoms with Gasteiger partial charge >= 0.3 is 12.4 Å². The van der Waals surface area contributed by atoms with Crippen LogP contribution in [0.25, 0.3) is 0 Å². The van der Waals surface area contributed by atoms with Gasteiger partial charge in [0.05, 0.1) is 11.1 Å². The smallest absolute Gasteiger partial charge is 0.366 e. The summed E-state index contributed by atoms with van der Waals surface area (Å²) in [6, 6.07) is 16.7. The molecule has 0 aliphatic heterocycles. The first-order chi connectivity index (χ1) is 19.8. The van der Waals surface area contributed by atoms with E-state index < -0.39 is 35.3 Å². The summed E-state index contributed by atoms with van der Waals surface area (Å²) in [5.74, 6) is 0.113. The number of hydrogen-bond acceptors (Lipinski definition) is 5. The minimum absolute atomic E-state index is 0.0328. The third kappa shape index (κ3) is 7.86. The Labute approximate surface area is 239 Å². The van der Waals surface area contributed by atoms with Crippen molar-refractivity contribution in [2.45, 2.75) is 51.1 Å². The van der Waals surface area contributed by atoms with Crippen molar-refractivity contribution in [3.05, 3.63) is 119 Å². The molecular formula is C31H28F6N4O. The Hall–Kier alpha value is -4.41. The number of rotatable bonds is 10. The maximum absolute atomic E-state index is 13.2. The van der Waals surface area contributed by atoms with Crippen LogP contribution in [0.2, 0.25) is 0 Å². The second-order valence-corrected chi connectivity index (χ2v) is 9.90. The van der Waals surface area contributed by atoms with Crippen molar-refractivity contribution >= 4 is 17.4 Å². The largest absolute Gasteiger partial charge is 0.416 e. The number of Topliss-reactive ketones (excluding diaryl/α,β-unsaturated/α-hetero) is 1. The normalized spacial score (nSPS) is 13.3. The Bertz CT molecular complexity index is 1350. The van der Waals surface area contributed by atoms with E-state index in [9.17, 15) is 31.1 Å². The van der Waals surface area contributed by atoms with Crippen LogP contribution in [-0.2, 0) is 30.2 Å². The fourth-order valence-corrected chi connectivity index (χ4v) is 4.24. The van der Waals surface area contributed by atoms with E-state index in [0.717, 1.165) is 35.4 Å². The topological polar surface area (TPSA) is 66.9 Å². The average molecular weight is 587 g/mol. The summed E-state index contributed by atoms with van der Waals surface area (Å²) in [4.78, 5) is 21.9. The average Bonchev–Trinajstić information content (AvgIpc) is 2.98. The zero-order valence-electron chi connectivity index (χ0n) is 22.7. The summed E-state index contributed by atoms with van der Waals surface area (Å²) in [5.41, 5.74) is 1.36. The van der Waals surface area contributed by atoms with Crippen LogP contribution in [0.4, 0.5) is 38.0 Å². The number of ketones is 1. The third-order valence-electron chi connectivity index (χ3n) is 6.94. The van der Waals surface area contributed by atoms with Gasteiger partial charge in [0, 0.05) is 37.3 Å². The highest BCUT2D eigenvalue weighted by molar-refractivity contribution is 5.91. The maximum Gasteiger partial charge on any atom is 0.416 e. The van der Waals surface area contributed by atoms with Crippen molar-refractivity contribution in [2.24, 2.45) is 0 Å². The first kappa shape index (κ1) is 30.5. The van der Waals surface area contributed by atoms with Crippen molar-refractivity contribution in [3.63, 3.8) is 0 Å². The minimum atomic E-state index is -4.38. The summed E-state index contributed by atoms with van der Waals surface area (Å²) in [6.07, 6.45) is -5.58. The molecule has 0 spiro atoms. The van der Waals surface area contributed by atoms with Crippen LogP contribution in [0.3, 0.4) is 0 Å². The molecule has 11 heteroatoms. The third-order valence-corrected chi connectivity index (χ3v) is 6.94. The molecule has 2 unspecified atom stereocenters. The molecule has 2 heterocycles. The van der Waals surface area contributed by atoms with E-state index in [1.807, 2.05) is 0 Å². The maximum atomic E-state index is 13.2. The Balaban J connectivity index is 1.29. The Kier molecular flexibility index (Phi) is 9.18. The van der Waals surface area contributed by atoms with Gasteiger partial charge in [0.15, 0.2) is 0 Å². The van der Waals surface area contributed by atoms with Crippen LogP contribution in [-0.4, -0.2) is 15.8 Å². The second-order valence-electron chi connectivity index (χ2n) is 9.90. The van der Waals surface area contributed by atoms with Gasteiger partial charge in [-0.2, -0.15) is 26.3 Å². The standard InChI is InChI=1S/C31H28F6N4O/c1-19(23-7-13-27(40-17-23)38-15-21-3-9-25(10-4-21)30(32,33)34)29(42)20(2)24-8-14-28(41-18-24)39-16-22-5-11-26(12-6-22)31(35,36)37/h3-14,17-20H,15-16H2,1-2H3,(H,38,40)(H,39,41). The number of pyridine rings is 2. The van der Waals surface area contributed by atoms with Crippen molar-refractivity contribution in [1.29, 1.82) is 0 Å². The molecule has 2 atom stereocenters. The first-order valence-electron chi connectivity index (χ1n) is 13.1. The van der Waals surface area contributed by atoms with Crippen LogP contribution < -0.4 is 10.6 Å². The van der Waals surface area contributed by atoms with Crippen molar-refractivity contribution in [1.82, 2.24) is 9.97 Å². The summed E-state index contributed by atoms with van der Waals surface area (Å²) >= 11 is 0. The Morgan fingerprint density at radius 3 is 1.26 bits per heavy atom. The van der Waals surface area contributed by atoms with Gasteiger partial charge in [-0.1, -0.05) is 50.2 Å². The van der Waals surface area contributed by atoms with Crippen LogP contribution in [0.15, 0.2) is 85.2 Å². The molecule has 0 radical (unpaired) electrons. The highest BCUT2D eigenvalue weighted by Crippen LogP contribution is 2.31. The number of hydrogen-bond donors (Lipinski definition) is 2. The summed E-state index contributed by atoms with van der Waals surface area (Å²) in [5, 5.41) is 6.12. The lowest BCUT2D eigenvalue weighted by Crippen LogP contribution is -2.17. The number of nitrogens with one attached hydrogen (secondary N) is 2. The van der Waals surface area contributed by atoms with E-state index in [4.69, 9.17) is 0 Å². The quantitative estimate of drug-likeness (QED) is 0.183. The minimum Gasteiger partial charge on any atom is -0.366 e. The molecule has 0 fully saturated rings. The van der Waals surface area contributed by atoms with Crippen LogP contribution >= 0.6 is 0 Å². The number of benzene rings is 2. The molecule has 0 bridgehead atoms. The van der Waals surface area contributed by atoms with E-state index in [1.165, 1.54) is 24.3 Å². The van der Waals surface area contributed by atoms with E-state index in [-0.39, 0.29) is 18.9 Å². The summed E-state index contributed by atoms with van der Waals surface area (Å²) in [6.45, 7) is 4.16. The summed E-state index contributed by atoms with van der Waals surface area (Å²) in [7, 11) is 0. The lowest BCUT2D eigenvalue weighted by atomic mass is 9.87. The lowest BCUT2D eigenvalue weighted by Gasteiger charge is -2.17. The van der Waals surface area contributed by atoms with Crippen LogP contribution in [0.5, 0.6) is 0 Å². The zero-order chi connectivity index (χ0) is 30.5. The molecule has 5 nitrogen and oxygen atoms in total. The molecule has 2 aromatic carbocycles. The van der Waals surface area contributed by atoms with Gasteiger partial charge in [-0.25, -0.2) is 9.97 Å². The zero-order valence-corrected chi connectivity index (χ0v) is 22.7. The van der Waals surface area contributed by atoms with Gasteiger partial charge in [0.25, 0.3) is 0 Å². The predicted octanol–water partition coefficient (Wildman–Crippen LogP) is 8.21. The predicted molar refractivity (Wildman–Crippen MR) is 148 cm³/mol. The number of aromatic nitrogens is 2. The van der Waals surface area contributed by atoms with Gasteiger partial charge in [-0.05, 0) is 58.7 Å². The van der Waals surface area contributed by atoms with E-state index in [2.05, 4.69) is 20.6 Å². The highest BCUT2D eigenvalue weighted by atomic mass is 19.4.